The number of thioether (sulfide) groups is 1. The molecule has 0 aliphatic heterocycles. The van der Waals surface area contributed by atoms with Crippen LogP contribution in [0.3, 0.4) is 0 Å². The Morgan fingerprint density at radius 1 is 0.933 bits per heavy atom. The van der Waals surface area contributed by atoms with E-state index < -0.39 is 0 Å². The van der Waals surface area contributed by atoms with Crippen molar-refractivity contribution in [3.8, 4) is 33.5 Å². The van der Waals surface area contributed by atoms with Gasteiger partial charge in [0.25, 0.3) is 0 Å². The summed E-state index contributed by atoms with van der Waals surface area (Å²) in [6.45, 7) is 2.05. The lowest BCUT2D eigenvalue weighted by Crippen LogP contribution is -1.91. The molecule has 154 valence electrons. The fourth-order valence-electron chi connectivity index (χ4n) is 2.85. The molecule has 0 amide bonds. The Balaban J connectivity index is 1.36. The number of hydrogen-bond donors (Lipinski definition) is 0. The first-order valence-corrected chi connectivity index (χ1v) is 11.3. The van der Waals surface area contributed by atoms with E-state index in [2.05, 4.69) is 22.4 Å². The third kappa shape index (κ3) is 4.66. The van der Waals surface area contributed by atoms with Crippen molar-refractivity contribution in [3.05, 3.63) is 65.0 Å². The highest BCUT2D eigenvalue weighted by Gasteiger charge is 2.11. The highest BCUT2D eigenvalue weighted by Crippen LogP contribution is 2.34. The average Bonchev–Trinajstić information content (AvgIpc) is 3.44. The fourth-order valence-corrected chi connectivity index (χ4v) is 4.52. The minimum atomic E-state index is 0.617. The standard InChI is InChI=1S/C22H21N3O3S2/c1-14-4-6-15(7-5-14)21-24-20(28-25-21)13-29-11-17-12-30-22(23-17)16-8-9-18(26-2)19(10-16)27-3/h4-10,12H,11,13H2,1-3H3. The number of thiazole rings is 1. The van der Waals surface area contributed by atoms with Crippen molar-refractivity contribution < 1.29 is 14.0 Å². The molecule has 2 aromatic carbocycles. The van der Waals surface area contributed by atoms with Gasteiger partial charge in [-0.25, -0.2) is 4.98 Å². The smallest absolute Gasteiger partial charge is 0.236 e. The maximum Gasteiger partial charge on any atom is 0.236 e. The van der Waals surface area contributed by atoms with Crippen LogP contribution in [-0.4, -0.2) is 29.3 Å². The number of rotatable bonds is 8. The molecular formula is C22H21N3O3S2. The quantitative estimate of drug-likeness (QED) is 0.353. The van der Waals surface area contributed by atoms with Crippen LogP contribution < -0.4 is 9.47 Å². The van der Waals surface area contributed by atoms with Gasteiger partial charge in [-0.2, -0.15) is 4.98 Å². The summed E-state index contributed by atoms with van der Waals surface area (Å²) in [5, 5.41) is 7.10. The van der Waals surface area contributed by atoms with Crippen molar-refractivity contribution in [1.29, 1.82) is 0 Å². The zero-order chi connectivity index (χ0) is 20.9. The van der Waals surface area contributed by atoms with Gasteiger partial charge in [-0.05, 0) is 25.1 Å². The summed E-state index contributed by atoms with van der Waals surface area (Å²) in [5.41, 5.74) is 4.19. The Morgan fingerprint density at radius 3 is 2.47 bits per heavy atom. The molecule has 0 bridgehead atoms. The van der Waals surface area contributed by atoms with Gasteiger partial charge in [0.05, 0.1) is 25.7 Å². The molecule has 0 radical (unpaired) electrons. The monoisotopic (exact) mass is 439 g/mol. The van der Waals surface area contributed by atoms with E-state index in [9.17, 15) is 0 Å². The van der Waals surface area contributed by atoms with Crippen molar-refractivity contribution in [2.24, 2.45) is 0 Å². The van der Waals surface area contributed by atoms with E-state index in [4.69, 9.17) is 19.0 Å². The molecule has 2 aromatic heterocycles. The van der Waals surface area contributed by atoms with Crippen LogP contribution in [0, 0.1) is 6.92 Å². The van der Waals surface area contributed by atoms with Crippen LogP contribution in [0.4, 0.5) is 0 Å². The zero-order valence-corrected chi connectivity index (χ0v) is 18.5. The van der Waals surface area contributed by atoms with Gasteiger partial charge in [-0.3, -0.25) is 0 Å². The molecule has 6 nitrogen and oxygen atoms in total. The highest BCUT2D eigenvalue weighted by molar-refractivity contribution is 7.97. The molecular weight excluding hydrogens is 418 g/mol. The largest absolute Gasteiger partial charge is 0.493 e. The Kier molecular flexibility index (Phi) is 6.35. The van der Waals surface area contributed by atoms with Crippen LogP contribution >= 0.6 is 23.1 Å². The second-order valence-corrected chi connectivity index (χ2v) is 8.43. The SMILES string of the molecule is COc1ccc(-c2nc(CSCc3nc(-c4ccc(C)cc4)no3)cs2)cc1OC. The minimum absolute atomic E-state index is 0.617. The van der Waals surface area contributed by atoms with Gasteiger partial charge in [0.1, 0.15) is 5.01 Å². The second-order valence-electron chi connectivity index (χ2n) is 6.58. The van der Waals surface area contributed by atoms with E-state index in [0.29, 0.717) is 29.0 Å². The Morgan fingerprint density at radius 2 is 1.70 bits per heavy atom. The molecule has 30 heavy (non-hydrogen) atoms. The normalized spacial score (nSPS) is 10.9. The van der Waals surface area contributed by atoms with Crippen LogP contribution in [0.25, 0.3) is 22.0 Å². The van der Waals surface area contributed by atoms with E-state index in [-0.39, 0.29) is 0 Å². The third-order valence-corrected chi connectivity index (χ3v) is 6.33. The lowest BCUT2D eigenvalue weighted by molar-refractivity contribution is 0.355. The summed E-state index contributed by atoms with van der Waals surface area (Å²) in [5.74, 6) is 4.05. The molecule has 0 spiro atoms. The van der Waals surface area contributed by atoms with Crippen LogP contribution in [0.1, 0.15) is 17.1 Å². The lowest BCUT2D eigenvalue weighted by atomic mass is 10.1. The summed E-state index contributed by atoms with van der Waals surface area (Å²) in [7, 11) is 3.26. The first kappa shape index (κ1) is 20.4. The topological polar surface area (TPSA) is 70.3 Å². The van der Waals surface area contributed by atoms with Gasteiger partial charge in [0, 0.05) is 22.3 Å². The molecule has 8 heteroatoms. The van der Waals surface area contributed by atoms with Gasteiger partial charge in [-0.15, -0.1) is 23.1 Å². The van der Waals surface area contributed by atoms with E-state index in [1.807, 2.05) is 42.5 Å². The van der Waals surface area contributed by atoms with E-state index in [1.54, 1.807) is 37.3 Å². The molecule has 0 fully saturated rings. The van der Waals surface area contributed by atoms with Crippen molar-refractivity contribution in [1.82, 2.24) is 15.1 Å². The van der Waals surface area contributed by atoms with Crippen molar-refractivity contribution >= 4 is 23.1 Å². The minimum Gasteiger partial charge on any atom is -0.493 e. The maximum atomic E-state index is 5.38. The molecule has 0 saturated heterocycles. The first-order valence-electron chi connectivity index (χ1n) is 9.30. The summed E-state index contributed by atoms with van der Waals surface area (Å²) in [4.78, 5) is 9.23. The number of nitrogens with zero attached hydrogens (tertiary/aromatic N) is 3. The predicted molar refractivity (Wildman–Crippen MR) is 120 cm³/mol. The van der Waals surface area contributed by atoms with Crippen molar-refractivity contribution in [2.45, 2.75) is 18.4 Å². The number of methoxy groups -OCH3 is 2. The van der Waals surface area contributed by atoms with Crippen LogP contribution in [-0.2, 0) is 11.5 Å². The highest BCUT2D eigenvalue weighted by atomic mass is 32.2. The molecule has 4 rings (SSSR count). The van der Waals surface area contributed by atoms with E-state index in [1.165, 1.54) is 5.56 Å². The maximum absolute atomic E-state index is 5.38. The second kappa shape index (κ2) is 9.32. The Bertz CT molecular complexity index is 1120. The van der Waals surface area contributed by atoms with Gasteiger partial charge in [0.2, 0.25) is 11.7 Å². The Hall–Kier alpha value is -2.84. The molecule has 0 unspecified atom stereocenters. The summed E-state index contributed by atoms with van der Waals surface area (Å²) >= 11 is 3.31. The first-order chi connectivity index (χ1) is 14.7. The average molecular weight is 440 g/mol. The zero-order valence-electron chi connectivity index (χ0n) is 16.9. The molecule has 0 saturated carbocycles. The fraction of sp³-hybridized carbons (Fsp3) is 0.227. The molecule has 0 aliphatic rings. The lowest BCUT2D eigenvalue weighted by Gasteiger charge is -2.08. The predicted octanol–water partition coefficient (Wildman–Crippen LogP) is 5.62. The number of ether oxygens (including phenoxy) is 2. The van der Waals surface area contributed by atoms with E-state index >= 15 is 0 Å². The van der Waals surface area contributed by atoms with Gasteiger partial charge in [0.15, 0.2) is 11.5 Å². The molecule has 2 heterocycles. The van der Waals surface area contributed by atoms with Gasteiger partial charge >= 0.3 is 0 Å². The number of aryl methyl sites for hydroxylation is 1. The summed E-state index contributed by atoms with van der Waals surface area (Å²) in [6, 6.07) is 13.9. The third-order valence-electron chi connectivity index (χ3n) is 4.44. The van der Waals surface area contributed by atoms with Crippen LogP contribution in [0.5, 0.6) is 11.5 Å². The van der Waals surface area contributed by atoms with Crippen LogP contribution in [0.15, 0.2) is 52.4 Å². The molecule has 4 aromatic rings. The van der Waals surface area contributed by atoms with Crippen molar-refractivity contribution in [2.75, 3.05) is 14.2 Å². The summed E-state index contributed by atoms with van der Waals surface area (Å²) in [6.07, 6.45) is 0. The van der Waals surface area contributed by atoms with Crippen LogP contribution in [0.2, 0.25) is 0 Å². The molecule has 0 aliphatic carbocycles. The number of hydrogen-bond acceptors (Lipinski definition) is 8. The van der Waals surface area contributed by atoms with Gasteiger partial charge in [-0.1, -0.05) is 35.0 Å². The van der Waals surface area contributed by atoms with Gasteiger partial charge < -0.3 is 14.0 Å². The molecule has 0 atom stereocenters. The number of aromatic nitrogens is 3. The summed E-state index contributed by atoms with van der Waals surface area (Å²) < 4.78 is 16.1. The van der Waals surface area contributed by atoms with E-state index in [0.717, 1.165) is 27.6 Å². The number of benzene rings is 2. The Labute approximate surface area is 183 Å². The molecule has 0 N–H and O–H groups in total. The van der Waals surface area contributed by atoms with Crippen molar-refractivity contribution in [3.63, 3.8) is 0 Å².